The van der Waals surface area contributed by atoms with Gasteiger partial charge in [0, 0.05) is 33.2 Å². The maximum Gasteiger partial charge on any atom is 0.135 e. The number of hydrogen-bond donors (Lipinski definition) is 0. The Kier molecular flexibility index (Phi) is 7.03. The maximum atomic E-state index is 6.66. The molecule has 2 heteroatoms. The van der Waals surface area contributed by atoms with Crippen LogP contribution in [-0.2, 0) is 27.1 Å². The van der Waals surface area contributed by atoms with Crippen LogP contribution >= 0.6 is 0 Å². The van der Waals surface area contributed by atoms with Gasteiger partial charge in [-0.3, -0.25) is 0 Å². The van der Waals surface area contributed by atoms with Gasteiger partial charge in [0.2, 0.25) is 0 Å². The van der Waals surface area contributed by atoms with Gasteiger partial charge < -0.3 is 9.32 Å². The van der Waals surface area contributed by atoms with Crippen molar-refractivity contribution < 1.29 is 4.42 Å². The fourth-order valence-corrected chi connectivity index (χ4v) is 10.7. The molecule has 10 rings (SSSR count). The van der Waals surface area contributed by atoms with Gasteiger partial charge in [0.05, 0.1) is 0 Å². The molecule has 0 N–H and O–H groups in total. The van der Waals surface area contributed by atoms with Crippen molar-refractivity contribution in [1.82, 2.24) is 0 Å². The summed E-state index contributed by atoms with van der Waals surface area (Å²) in [7, 11) is 0. The highest BCUT2D eigenvalue weighted by atomic mass is 16.3. The Hall–Kier alpha value is -4.82. The van der Waals surface area contributed by atoms with Crippen LogP contribution in [0.2, 0.25) is 0 Å². The molecule has 0 saturated carbocycles. The molecule has 7 aromatic rings. The van der Waals surface area contributed by atoms with E-state index in [0.717, 1.165) is 22.5 Å². The minimum atomic E-state index is -0.0836. The molecule has 2 nitrogen and oxygen atoms in total. The first-order valence-electron chi connectivity index (χ1n) is 20.6. The summed E-state index contributed by atoms with van der Waals surface area (Å²) >= 11 is 0. The van der Waals surface area contributed by atoms with Crippen LogP contribution < -0.4 is 4.90 Å². The molecule has 6 aromatic carbocycles. The van der Waals surface area contributed by atoms with Gasteiger partial charge in [0.15, 0.2) is 0 Å². The summed E-state index contributed by atoms with van der Waals surface area (Å²) in [6, 6.07) is 39.6. The Morgan fingerprint density at radius 2 is 0.909 bits per heavy atom. The second-order valence-corrected chi connectivity index (χ2v) is 20.4. The topological polar surface area (TPSA) is 16.4 Å². The van der Waals surface area contributed by atoms with Crippen LogP contribution in [0.4, 0.5) is 17.1 Å². The van der Waals surface area contributed by atoms with Crippen LogP contribution in [0, 0.1) is 0 Å². The van der Waals surface area contributed by atoms with E-state index in [1.54, 1.807) is 0 Å². The lowest BCUT2D eigenvalue weighted by Gasteiger charge is -2.42. The normalized spacial score (nSPS) is 19.5. The van der Waals surface area contributed by atoms with Gasteiger partial charge in [-0.1, -0.05) is 112 Å². The third-order valence-electron chi connectivity index (χ3n) is 14.6. The molecular weight excluding hydrogens is 667 g/mol. The molecule has 0 atom stereocenters. The summed E-state index contributed by atoms with van der Waals surface area (Å²) in [5.41, 5.74) is 17.4. The summed E-state index contributed by atoms with van der Waals surface area (Å²) in [5, 5.41) is 4.86. The average molecular weight is 722 g/mol. The lowest BCUT2D eigenvalue weighted by atomic mass is 9.62. The Morgan fingerprint density at radius 1 is 0.400 bits per heavy atom. The maximum absolute atomic E-state index is 6.66. The van der Waals surface area contributed by atoms with E-state index in [4.69, 9.17) is 4.42 Å². The standard InChI is InChI=1S/C53H55NO/c1-49(2)21-23-51(5,6)45-30-42-38(28-43(45)49)37-26-35(17-19-41(37)53(42,9)10)54(34-16-15-32-13-11-12-14-33(32)25-34)36-18-20-47-39(27-36)40-29-44-46(31-48(40)55-47)52(7,8)24-22-50(44,3)4/h11-20,25-31H,21-24H2,1-10H3. The van der Waals surface area contributed by atoms with Gasteiger partial charge in [0.25, 0.3) is 0 Å². The molecule has 0 fully saturated rings. The summed E-state index contributed by atoms with van der Waals surface area (Å²) in [6.45, 7) is 24.2. The van der Waals surface area contributed by atoms with Crippen LogP contribution in [0.3, 0.4) is 0 Å². The molecule has 0 saturated heterocycles. The quantitative estimate of drug-likeness (QED) is 0.181. The predicted octanol–water partition coefficient (Wildman–Crippen LogP) is 15.2. The van der Waals surface area contributed by atoms with E-state index < -0.39 is 0 Å². The monoisotopic (exact) mass is 721 g/mol. The van der Waals surface area contributed by atoms with Gasteiger partial charge in [-0.25, -0.2) is 0 Å². The highest BCUT2D eigenvalue weighted by Gasteiger charge is 2.43. The van der Waals surface area contributed by atoms with Gasteiger partial charge in [0.1, 0.15) is 11.2 Å². The van der Waals surface area contributed by atoms with Crippen LogP contribution in [-0.4, -0.2) is 0 Å². The van der Waals surface area contributed by atoms with E-state index in [1.807, 2.05) is 0 Å². The molecule has 278 valence electrons. The molecular formula is C53H55NO. The van der Waals surface area contributed by atoms with Crippen molar-refractivity contribution in [3.05, 3.63) is 137 Å². The van der Waals surface area contributed by atoms with Crippen molar-refractivity contribution in [2.75, 3.05) is 4.90 Å². The second kappa shape index (κ2) is 11.2. The van der Waals surface area contributed by atoms with E-state index in [2.05, 4.69) is 177 Å². The molecule has 0 aliphatic heterocycles. The molecule has 55 heavy (non-hydrogen) atoms. The van der Waals surface area contributed by atoms with Gasteiger partial charge in [-0.2, -0.15) is 0 Å². The summed E-state index contributed by atoms with van der Waals surface area (Å²) < 4.78 is 6.66. The van der Waals surface area contributed by atoms with Crippen molar-refractivity contribution >= 4 is 49.8 Å². The molecule has 0 bridgehead atoms. The smallest absolute Gasteiger partial charge is 0.135 e. The van der Waals surface area contributed by atoms with Crippen LogP contribution in [0.25, 0.3) is 43.8 Å². The van der Waals surface area contributed by atoms with Crippen LogP contribution in [0.1, 0.15) is 128 Å². The van der Waals surface area contributed by atoms with Gasteiger partial charge in [-0.15, -0.1) is 0 Å². The fraction of sp³-hybridized carbons (Fsp3) is 0.358. The Balaban J connectivity index is 1.19. The minimum absolute atomic E-state index is 0.0836. The number of fused-ring (bicyclic) bond motifs is 9. The SMILES string of the molecule is CC1(C)CCC(C)(C)c2cc3c(cc21)-c1cc(N(c2ccc4ccccc4c2)c2ccc4oc5cc6c(cc5c4c2)C(C)(C)CCC6(C)C)ccc1C3(C)C. The van der Waals surface area contributed by atoms with Crippen LogP contribution in [0.5, 0.6) is 0 Å². The van der Waals surface area contributed by atoms with Crippen molar-refractivity contribution in [2.45, 2.75) is 122 Å². The molecule has 3 aliphatic carbocycles. The zero-order valence-corrected chi connectivity index (χ0v) is 34.5. The number of nitrogens with zero attached hydrogens (tertiary/aromatic N) is 1. The predicted molar refractivity (Wildman–Crippen MR) is 234 cm³/mol. The number of rotatable bonds is 3. The molecule has 0 amide bonds. The van der Waals surface area contributed by atoms with E-state index in [1.165, 1.54) is 97.4 Å². The molecule has 1 heterocycles. The second-order valence-electron chi connectivity index (χ2n) is 20.4. The largest absolute Gasteiger partial charge is 0.456 e. The fourth-order valence-electron chi connectivity index (χ4n) is 10.7. The lowest BCUT2D eigenvalue weighted by molar-refractivity contribution is 0.331. The number of furan rings is 1. The van der Waals surface area contributed by atoms with Gasteiger partial charge in [-0.05, 0) is 163 Å². The van der Waals surface area contributed by atoms with Crippen molar-refractivity contribution in [1.29, 1.82) is 0 Å². The Bertz CT molecular complexity index is 2750. The number of hydrogen-bond acceptors (Lipinski definition) is 2. The summed E-state index contributed by atoms with van der Waals surface area (Å²) in [5.74, 6) is 0. The Morgan fingerprint density at radius 3 is 1.60 bits per heavy atom. The third kappa shape index (κ3) is 5.05. The van der Waals surface area contributed by atoms with Crippen molar-refractivity contribution in [3.63, 3.8) is 0 Å². The van der Waals surface area contributed by atoms with Gasteiger partial charge >= 0.3 is 0 Å². The molecule has 0 spiro atoms. The molecule has 3 aliphatic rings. The molecule has 1 aromatic heterocycles. The third-order valence-corrected chi connectivity index (χ3v) is 14.6. The average Bonchev–Trinajstić information content (AvgIpc) is 3.62. The summed E-state index contributed by atoms with van der Waals surface area (Å²) in [6.07, 6.45) is 4.80. The highest BCUT2D eigenvalue weighted by Crippen LogP contribution is 2.56. The van der Waals surface area contributed by atoms with Crippen molar-refractivity contribution in [3.8, 4) is 11.1 Å². The van der Waals surface area contributed by atoms with Crippen LogP contribution in [0.15, 0.2) is 108 Å². The lowest BCUT2D eigenvalue weighted by Crippen LogP contribution is -2.34. The van der Waals surface area contributed by atoms with E-state index >= 15 is 0 Å². The van der Waals surface area contributed by atoms with E-state index in [-0.39, 0.29) is 27.1 Å². The first kappa shape index (κ1) is 34.7. The number of benzene rings is 6. The first-order chi connectivity index (χ1) is 25.9. The van der Waals surface area contributed by atoms with E-state index in [0.29, 0.717) is 0 Å². The zero-order valence-electron chi connectivity index (χ0n) is 34.5. The first-order valence-corrected chi connectivity index (χ1v) is 20.6. The Labute approximate surface area is 327 Å². The summed E-state index contributed by atoms with van der Waals surface area (Å²) in [4.78, 5) is 2.47. The zero-order chi connectivity index (χ0) is 38.4. The number of anilines is 3. The highest BCUT2D eigenvalue weighted by molar-refractivity contribution is 6.07. The molecule has 0 radical (unpaired) electrons. The van der Waals surface area contributed by atoms with E-state index in [9.17, 15) is 0 Å². The van der Waals surface area contributed by atoms with Crippen molar-refractivity contribution in [2.24, 2.45) is 0 Å². The molecule has 0 unspecified atom stereocenters. The minimum Gasteiger partial charge on any atom is -0.456 e.